The zero-order chi connectivity index (χ0) is 19.1. The predicted octanol–water partition coefficient (Wildman–Crippen LogP) is 4.57. The number of fused-ring (bicyclic) bond motifs is 2. The Bertz CT molecular complexity index is 1140. The minimum atomic E-state index is -0.148. The van der Waals surface area contributed by atoms with Crippen LogP contribution in [0.4, 0.5) is 5.82 Å². The molecule has 0 amide bonds. The number of aryl methyl sites for hydroxylation is 1. The number of nitrogens with one attached hydrogen (secondary N) is 1. The molecule has 0 unspecified atom stereocenters. The molecule has 1 aliphatic rings. The number of hydrogen-bond donors (Lipinski definition) is 2. The smallest absolute Gasteiger partial charge is 0.154 e. The molecule has 1 aliphatic carbocycles. The zero-order valence-electron chi connectivity index (χ0n) is 16.0. The molecule has 0 atom stereocenters. The third-order valence-electron chi connectivity index (χ3n) is 5.70. The molecule has 2 aromatic heterocycles. The summed E-state index contributed by atoms with van der Waals surface area (Å²) in [4.78, 5) is 4.53. The van der Waals surface area contributed by atoms with Crippen molar-refractivity contribution in [3.8, 4) is 11.3 Å². The fourth-order valence-electron chi connectivity index (χ4n) is 4.10. The van der Waals surface area contributed by atoms with Gasteiger partial charge in [-0.3, -0.25) is 0 Å². The number of benzene rings is 2. The Balaban J connectivity index is 1.49. The molecule has 0 spiro atoms. The summed E-state index contributed by atoms with van der Waals surface area (Å²) in [7, 11) is 0. The second-order valence-electron chi connectivity index (χ2n) is 7.85. The third kappa shape index (κ3) is 3.22. The molecule has 5 heteroatoms. The highest BCUT2D eigenvalue weighted by atomic mass is 16.3. The van der Waals surface area contributed by atoms with Crippen LogP contribution in [-0.2, 0) is 0 Å². The summed E-state index contributed by atoms with van der Waals surface area (Å²) in [5.74, 6) is 0.851. The Kier molecular flexibility index (Phi) is 4.24. The fraction of sp³-hybridized carbons (Fsp3) is 0.304. The van der Waals surface area contributed by atoms with E-state index >= 15 is 0 Å². The first-order valence-electron chi connectivity index (χ1n) is 9.96. The van der Waals surface area contributed by atoms with E-state index in [-0.39, 0.29) is 6.10 Å². The maximum absolute atomic E-state index is 9.70. The van der Waals surface area contributed by atoms with Crippen LogP contribution in [0.15, 0.2) is 54.7 Å². The molecule has 2 N–H and O–H groups in total. The third-order valence-corrected chi connectivity index (χ3v) is 5.70. The molecule has 142 valence electrons. The molecule has 1 fully saturated rings. The monoisotopic (exact) mass is 372 g/mol. The SMILES string of the molecule is Cc1ccc2cc(-c3cnc4ccc(NC5CCC(O)CC5)nn34)ccc2c1. The first-order valence-corrected chi connectivity index (χ1v) is 9.96. The number of rotatable bonds is 3. The van der Waals surface area contributed by atoms with E-state index in [1.165, 1.54) is 16.3 Å². The van der Waals surface area contributed by atoms with Gasteiger partial charge >= 0.3 is 0 Å². The van der Waals surface area contributed by atoms with Gasteiger partial charge in [0.15, 0.2) is 5.65 Å². The minimum Gasteiger partial charge on any atom is -0.393 e. The second kappa shape index (κ2) is 6.91. The Morgan fingerprint density at radius 1 is 0.964 bits per heavy atom. The van der Waals surface area contributed by atoms with Gasteiger partial charge in [-0.2, -0.15) is 0 Å². The van der Waals surface area contributed by atoms with Crippen LogP contribution in [0.1, 0.15) is 31.2 Å². The van der Waals surface area contributed by atoms with E-state index in [4.69, 9.17) is 5.10 Å². The van der Waals surface area contributed by atoms with Crippen molar-refractivity contribution in [1.29, 1.82) is 0 Å². The van der Waals surface area contributed by atoms with Crippen molar-refractivity contribution in [2.24, 2.45) is 0 Å². The van der Waals surface area contributed by atoms with Crippen LogP contribution in [0.2, 0.25) is 0 Å². The van der Waals surface area contributed by atoms with Gasteiger partial charge in [-0.05, 0) is 61.6 Å². The zero-order valence-corrected chi connectivity index (χ0v) is 16.0. The lowest BCUT2D eigenvalue weighted by molar-refractivity contribution is 0.126. The normalized spacial score (nSPS) is 19.9. The molecule has 0 bridgehead atoms. The Hall–Kier alpha value is -2.92. The van der Waals surface area contributed by atoms with Crippen LogP contribution in [0.25, 0.3) is 27.7 Å². The fourth-order valence-corrected chi connectivity index (χ4v) is 4.10. The van der Waals surface area contributed by atoms with Gasteiger partial charge in [-0.15, -0.1) is 5.10 Å². The number of aliphatic hydroxyl groups excluding tert-OH is 1. The summed E-state index contributed by atoms with van der Waals surface area (Å²) in [6.07, 6.45) is 5.40. The first kappa shape index (κ1) is 17.2. The summed E-state index contributed by atoms with van der Waals surface area (Å²) in [6.45, 7) is 2.11. The van der Waals surface area contributed by atoms with Crippen molar-refractivity contribution in [1.82, 2.24) is 14.6 Å². The van der Waals surface area contributed by atoms with Crippen LogP contribution >= 0.6 is 0 Å². The largest absolute Gasteiger partial charge is 0.393 e. The Morgan fingerprint density at radius 3 is 2.61 bits per heavy atom. The van der Waals surface area contributed by atoms with Gasteiger partial charge in [0.05, 0.1) is 18.0 Å². The maximum atomic E-state index is 9.70. The summed E-state index contributed by atoms with van der Waals surface area (Å²) < 4.78 is 1.91. The molecule has 5 nitrogen and oxygen atoms in total. The standard InChI is InChI=1S/C23H24N4O/c1-15-2-3-17-13-18(5-4-16(17)12-15)21-14-24-23-11-10-22(26-27(21)23)25-19-6-8-20(28)9-7-19/h2-5,10-14,19-20,28H,6-9H2,1H3,(H,25,26). The summed E-state index contributed by atoms with van der Waals surface area (Å²) in [5, 5.41) is 20.5. The summed E-state index contributed by atoms with van der Waals surface area (Å²) >= 11 is 0. The first-order chi connectivity index (χ1) is 13.7. The van der Waals surface area contributed by atoms with Gasteiger partial charge in [0.25, 0.3) is 0 Å². The van der Waals surface area contributed by atoms with Gasteiger partial charge in [0.2, 0.25) is 0 Å². The van der Waals surface area contributed by atoms with E-state index in [0.29, 0.717) is 6.04 Å². The summed E-state index contributed by atoms with van der Waals surface area (Å²) in [6, 6.07) is 17.3. The maximum Gasteiger partial charge on any atom is 0.154 e. The van der Waals surface area contributed by atoms with Crippen molar-refractivity contribution in [3.63, 3.8) is 0 Å². The molecule has 0 saturated heterocycles. The molecule has 2 heterocycles. The average Bonchev–Trinajstić information content (AvgIpc) is 3.12. The number of hydrogen-bond acceptors (Lipinski definition) is 4. The van der Waals surface area contributed by atoms with E-state index in [1.54, 1.807) is 0 Å². The van der Waals surface area contributed by atoms with E-state index in [9.17, 15) is 5.11 Å². The molecule has 4 aromatic rings. The number of imidazole rings is 1. The molecule has 5 rings (SSSR count). The van der Waals surface area contributed by atoms with Gasteiger partial charge in [0, 0.05) is 11.6 Å². The van der Waals surface area contributed by atoms with E-state index in [2.05, 4.69) is 53.6 Å². The number of anilines is 1. The van der Waals surface area contributed by atoms with Crippen LogP contribution < -0.4 is 5.32 Å². The Morgan fingerprint density at radius 2 is 1.75 bits per heavy atom. The number of nitrogens with zero attached hydrogens (tertiary/aromatic N) is 3. The van der Waals surface area contributed by atoms with Crippen molar-refractivity contribution < 1.29 is 5.11 Å². The predicted molar refractivity (Wildman–Crippen MR) is 113 cm³/mol. The quantitative estimate of drug-likeness (QED) is 0.553. The lowest BCUT2D eigenvalue weighted by Crippen LogP contribution is -2.28. The van der Waals surface area contributed by atoms with E-state index < -0.39 is 0 Å². The molecular formula is C23H24N4O. The number of aliphatic hydroxyl groups is 1. The van der Waals surface area contributed by atoms with Gasteiger partial charge < -0.3 is 10.4 Å². The Labute approximate surface area is 164 Å². The molecule has 28 heavy (non-hydrogen) atoms. The highest BCUT2D eigenvalue weighted by molar-refractivity contribution is 5.87. The average molecular weight is 372 g/mol. The second-order valence-corrected chi connectivity index (χ2v) is 7.85. The summed E-state index contributed by atoms with van der Waals surface area (Å²) in [5.41, 5.74) is 4.20. The van der Waals surface area contributed by atoms with Crippen LogP contribution in [0.3, 0.4) is 0 Å². The highest BCUT2D eigenvalue weighted by Gasteiger charge is 2.19. The van der Waals surface area contributed by atoms with E-state index in [1.807, 2.05) is 22.8 Å². The molecule has 0 aliphatic heterocycles. The van der Waals surface area contributed by atoms with Crippen molar-refractivity contribution >= 4 is 22.2 Å². The van der Waals surface area contributed by atoms with Crippen LogP contribution in [0, 0.1) is 6.92 Å². The number of aromatic nitrogens is 3. The van der Waals surface area contributed by atoms with Crippen molar-refractivity contribution in [2.45, 2.75) is 44.8 Å². The van der Waals surface area contributed by atoms with Crippen LogP contribution in [0.5, 0.6) is 0 Å². The van der Waals surface area contributed by atoms with Gasteiger partial charge in [-0.25, -0.2) is 9.50 Å². The minimum absolute atomic E-state index is 0.148. The molecule has 0 radical (unpaired) electrons. The van der Waals surface area contributed by atoms with Crippen LogP contribution in [-0.4, -0.2) is 31.9 Å². The molecule has 2 aromatic carbocycles. The van der Waals surface area contributed by atoms with Gasteiger partial charge in [0.1, 0.15) is 5.82 Å². The van der Waals surface area contributed by atoms with E-state index in [0.717, 1.165) is 48.4 Å². The van der Waals surface area contributed by atoms with Gasteiger partial charge in [-0.1, -0.05) is 35.9 Å². The topological polar surface area (TPSA) is 62.5 Å². The molecule has 1 saturated carbocycles. The lowest BCUT2D eigenvalue weighted by Gasteiger charge is -2.26. The van der Waals surface area contributed by atoms with Crippen molar-refractivity contribution in [3.05, 3.63) is 60.3 Å². The van der Waals surface area contributed by atoms with Crippen molar-refractivity contribution in [2.75, 3.05) is 5.32 Å². The highest BCUT2D eigenvalue weighted by Crippen LogP contribution is 2.27. The molecular weight excluding hydrogens is 348 g/mol. The lowest BCUT2D eigenvalue weighted by atomic mass is 9.93.